The molecule has 10 heteroatoms. The van der Waals surface area contributed by atoms with E-state index in [0.717, 1.165) is 0 Å². The zero-order valence-electron chi connectivity index (χ0n) is 5.84. The zero-order valence-corrected chi connectivity index (χ0v) is 5.84. The van der Waals surface area contributed by atoms with E-state index in [2.05, 4.69) is 0 Å². The van der Waals surface area contributed by atoms with Gasteiger partial charge in [0.2, 0.25) is 0 Å². The van der Waals surface area contributed by atoms with Crippen LogP contribution in [0.5, 0.6) is 0 Å². The van der Waals surface area contributed by atoms with Crippen molar-refractivity contribution in [3.63, 3.8) is 0 Å². The normalized spacial score (nSPS) is 14.3. The van der Waals surface area contributed by atoms with Crippen LogP contribution in [0.4, 0.5) is 35.1 Å². The molecule has 0 amide bonds. The molecule has 2 nitrogen and oxygen atoms in total. The first kappa shape index (κ1) is 13.1. The van der Waals surface area contributed by atoms with Gasteiger partial charge in [-0.2, -0.15) is 22.0 Å². The van der Waals surface area contributed by atoms with Gasteiger partial charge in [-0.05, 0) is 0 Å². The van der Waals surface area contributed by atoms with Gasteiger partial charge in [0, 0.05) is 0 Å². The van der Waals surface area contributed by atoms with E-state index < -0.39 is 24.4 Å². The topological polar surface area (TPSA) is 26.3 Å². The predicted octanol–water partition coefficient (Wildman–Crippen LogP) is 2.25. The average Bonchev–Trinajstić information content (AvgIpc) is 1.80. The van der Waals surface area contributed by atoms with Crippen LogP contribution in [0.2, 0.25) is 0 Å². The molecule has 14 heavy (non-hydrogen) atoms. The van der Waals surface area contributed by atoms with Crippen molar-refractivity contribution in [2.75, 3.05) is 0 Å². The van der Waals surface area contributed by atoms with Crippen molar-refractivity contribution in [2.24, 2.45) is 0 Å². The molecule has 0 radical (unpaired) electrons. The number of alkyl halides is 7. The molecule has 0 aromatic carbocycles. The highest BCUT2D eigenvalue weighted by Gasteiger charge is 2.68. The predicted molar refractivity (Wildman–Crippen MR) is 23.1 cm³/mol. The molecule has 0 fully saturated rings. The molecule has 0 unspecified atom stereocenters. The third-order valence-electron chi connectivity index (χ3n) is 0.856. The second kappa shape index (κ2) is 3.33. The molecular weight excluding hydrogens is 232 g/mol. The van der Waals surface area contributed by atoms with Gasteiger partial charge in [-0.15, -0.1) is 13.2 Å². The molecule has 0 aliphatic carbocycles. The summed E-state index contributed by atoms with van der Waals surface area (Å²) in [5.41, 5.74) is 0. The number of ether oxygens (including phenoxy) is 1. The standard InChI is InChI=1S/C4F8O2/c5-1(13)2(6,7)3(8,9)14-4(10,11)12. The highest BCUT2D eigenvalue weighted by Crippen LogP contribution is 2.40. The van der Waals surface area contributed by atoms with Crippen molar-refractivity contribution in [3.05, 3.63) is 0 Å². The molecule has 0 N–H and O–H groups in total. The summed E-state index contributed by atoms with van der Waals surface area (Å²) in [6.45, 7) is 0. The lowest BCUT2D eigenvalue weighted by atomic mass is 10.3. The lowest BCUT2D eigenvalue weighted by molar-refractivity contribution is -0.458. The first-order valence-corrected chi connectivity index (χ1v) is 2.62. The molecule has 84 valence electrons. The van der Waals surface area contributed by atoms with Gasteiger partial charge < -0.3 is 0 Å². The molecule has 0 aromatic rings. The third kappa shape index (κ3) is 2.79. The molecule has 0 spiro atoms. The lowest BCUT2D eigenvalue weighted by Gasteiger charge is -2.22. The second-order valence-electron chi connectivity index (χ2n) is 1.91. The van der Waals surface area contributed by atoms with Gasteiger partial charge in [-0.1, -0.05) is 0 Å². The molecule has 0 aliphatic rings. The third-order valence-corrected chi connectivity index (χ3v) is 0.856. The largest absolute Gasteiger partial charge is 0.527 e. The molecule has 0 saturated heterocycles. The van der Waals surface area contributed by atoms with Crippen LogP contribution < -0.4 is 0 Å². The lowest BCUT2D eigenvalue weighted by Crippen LogP contribution is -2.50. The summed E-state index contributed by atoms with van der Waals surface area (Å²) in [4.78, 5) is 9.25. The number of rotatable bonds is 3. The van der Waals surface area contributed by atoms with Crippen molar-refractivity contribution < 1.29 is 44.7 Å². The zero-order chi connectivity index (χ0) is 11.8. The van der Waals surface area contributed by atoms with E-state index in [1.54, 1.807) is 4.74 Å². The van der Waals surface area contributed by atoms with Gasteiger partial charge in [0.15, 0.2) is 0 Å². The quantitative estimate of drug-likeness (QED) is 0.551. The number of carbonyl (C=O) groups excluding carboxylic acids is 1. The van der Waals surface area contributed by atoms with E-state index in [1.807, 2.05) is 0 Å². The Morgan fingerprint density at radius 3 is 1.50 bits per heavy atom. The van der Waals surface area contributed by atoms with Crippen LogP contribution in [0, 0.1) is 0 Å². The van der Waals surface area contributed by atoms with Crippen LogP contribution in [-0.4, -0.2) is 24.4 Å². The van der Waals surface area contributed by atoms with Crippen LogP contribution in [0.1, 0.15) is 0 Å². The van der Waals surface area contributed by atoms with Gasteiger partial charge in [-0.25, -0.2) is 4.74 Å². The minimum absolute atomic E-state index is 1.61. The summed E-state index contributed by atoms with van der Waals surface area (Å²) in [6, 6.07) is -3.92. The molecule has 0 aliphatic heterocycles. The van der Waals surface area contributed by atoms with Crippen LogP contribution in [0.25, 0.3) is 0 Å². The Morgan fingerprint density at radius 1 is 0.929 bits per heavy atom. The van der Waals surface area contributed by atoms with Crippen molar-refractivity contribution in [2.45, 2.75) is 18.4 Å². The Kier molecular flexibility index (Phi) is 3.11. The fourth-order valence-corrected chi connectivity index (χ4v) is 0.324. The Labute approximate surface area is 70.4 Å². The Balaban J connectivity index is 4.87. The monoisotopic (exact) mass is 232 g/mol. The van der Waals surface area contributed by atoms with Crippen LogP contribution in [0.3, 0.4) is 0 Å². The number of hydrogen-bond donors (Lipinski definition) is 0. The molecule has 0 heterocycles. The molecule has 0 saturated carbocycles. The van der Waals surface area contributed by atoms with Crippen LogP contribution >= 0.6 is 0 Å². The Hall–Kier alpha value is -0.930. The van der Waals surface area contributed by atoms with Crippen LogP contribution in [-0.2, 0) is 9.53 Å². The first-order valence-electron chi connectivity index (χ1n) is 2.62. The van der Waals surface area contributed by atoms with Gasteiger partial charge in [0.1, 0.15) is 0 Å². The van der Waals surface area contributed by atoms with Gasteiger partial charge in [-0.3, -0.25) is 4.79 Å². The SMILES string of the molecule is O=C(F)C(F)(F)C(F)(F)OC(F)(F)F. The Morgan fingerprint density at radius 2 is 1.29 bits per heavy atom. The highest BCUT2D eigenvalue weighted by atomic mass is 19.4. The maximum Gasteiger partial charge on any atom is 0.527 e. The fourth-order valence-electron chi connectivity index (χ4n) is 0.324. The van der Waals surface area contributed by atoms with E-state index in [-0.39, 0.29) is 0 Å². The van der Waals surface area contributed by atoms with Crippen molar-refractivity contribution in [1.29, 1.82) is 0 Å². The van der Waals surface area contributed by atoms with Crippen molar-refractivity contribution in [3.8, 4) is 0 Å². The summed E-state index contributed by atoms with van der Waals surface area (Å²) in [7, 11) is 0. The van der Waals surface area contributed by atoms with Crippen molar-refractivity contribution >= 4 is 6.04 Å². The van der Waals surface area contributed by atoms with Gasteiger partial charge in [0.25, 0.3) is 0 Å². The molecular formula is C4F8O2. The maximum atomic E-state index is 11.8. The Bertz CT molecular complexity index is 230. The fraction of sp³-hybridized carbons (Fsp3) is 0.750. The van der Waals surface area contributed by atoms with Gasteiger partial charge in [0.05, 0.1) is 0 Å². The minimum Gasteiger partial charge on any atom is -0.254 e. The van der Waals surface area contributed by atoms with E-state index >= 15 is 0 Å². The van der Waals surface area contributed by atoms with Crippen LogP contribution in [0.15, 0.2) is 0 Å². The van der Waals surface area contributed by atoms with E-state index in [1.165, 1.54) is 0 Å². The summed E-state index contributed by atoms with van der Waals surface area (Å²) < 4.78 is 93.2. The van der Waals surface area contributed by atoms with E-state index in [4.69, 9.17) is 0 Å². The van der Waals surface area contributed by atoms with E-state index in [9.17, 15) is 39.9 Å². The van der Waals surface area contributed by atoms with Gasteiger partial charge >= 0.3 is 24.4 Å². The highest BCUT2D eigenvalue weighted by molar-refractivity contribution is 5.77. The average molecular weight is 232 g/mol. The number of hydrogen-bond acceptors (Lipinski definition) is 2. The smallest absolute Gasteiger partial charge is 0.254 e. The number of halogens is 8. The van der Waals surface area contributed by atoms with E-state index in [0.29, 0.717) is 0 Å². The first-order chi connectivity index (χ1) is 5.90. The minimum atomic E-state index is -6.28. The molecule has 0 atom stereocenters. The summed E-state index contributed by atoms with van der Waals surface area (Å²) in [5, 5.41) is 0. The summed E-state index contributed by atoms with van der Waals surface area (Å²) in [5.74, 6) is -6.18. The molecule has 0 rings (SSSR count). The second-order valence-corrected chi connectivity index (χ2v) is 1.91. The number of carbonyl (C=O) groups is 1. The van der Waals surface area contributed by atoms with Crippen molar-refractivity contribution in [1.82, 2.24) is 0 Å². The summed E-state index contributed by atoms with van der Waals surface area (Å²) in [6.07, 6.45) is -12.4. The molecule has 0 bridgehead atoms. The summed E-state index contributed by atoms with van der Waals surface area (Å²) >= 11 is 0. The molecule has 0 aromatic heterocycles. The maximum absolute atomic E-state index is 11.8.